The molecular formula is C13H15N3O3. The number of Topliss-reactive ketones (excluding diaryl/α,β-unsaturated/α-hetero) is 1. The summed E-state index contributed by atoms with van der Waals surface area (Å²) in [6.07, 6.45) is -0.280. The first-order chi connectivity index (χ1) is 8.96. The molecule has 100 valence electrons. The number of para-hydroxylation sites is 1. The molecule has 2 rings (SSSR count). The molecule has 19 heavy (non-hydrogen) atoms. The summed E-state index contributed by atoms with van der Waals surface area (Å²) < 4.78 is 6.05. The van der Waals surface area contributed by atoms with E-state index in [2.05, 4.69) is 15.0 Å². The average molecular weight is 261 g/mol. The fraction of sp³-hybridized carbons (Fsp3) is 0.385. The molecule has 0 aliphatic heterocycles. The van der Waals surface area contributed by atoms with Crippen LogP contribution in [0.2, 0.25) is 0 Å². The summed E-state index contributed by atoms with van der Waals surface area (Å²) in [6.45, 7) is 3.42. The Bertz CT molecular complexity index is 631. The number of ether oxygens (including phenoxy) is 1. The highest BCUT2D eigenvalue weighted by Gasteiger charge is 2.33. The van der Waals surface area contributed by atoms with Crippen molar-refractivity contribution in [3.8, 4) is 0 Å². The van der Waals surface area contributed by atoms with Crippen LogP contribution in [0.5, 0.6) is 0 Å². The summed E-state index contributed by atoms with van der Waals surface area (Å²) in [6, 6.07) is 7.36. The van der Waals surface area contributed by atoms with E-state index in [0.717, 1.165) is 5.52 Å². The second-order valence-electron chi connectivity index (χ2n) is 4.73. The van der Waals surface area contributed by atoms with Gasteiger partial charge in [-0.1, -0.05) is 17.3 Å². The highest BCUT2D eigenvalue weighted by molar-refractivity contribution is 6.00. The van der Waals surface area contributed by atoms with Gasteiger partial charge in [0.15, 0.2) is 5.78 Å². The molecule has 0 aliphatic carbocycles. The van der Waals surface area contributed by atoms with Gasteiger partial charge in [0.25, 0.3) is 0 Å². The SMILES string of the molecule is COC(=O)CC(=O)C(C)(C)n1nnc2ccccc21. The normalized spacial score (nSPS) is 11.5. The maximum atomic E-state index is 12.2. The molecule has 0 N–H and O–H groups in total. The molecule has 0 fully saturated rings. The number of hydrogen-bond acceptors (Lipinski definition) is 5. The van der Waals surface area contributed by atoms with Gasteiger partial charge in [0.1, 0.15) is 17.5 Å². The Morgan fingerprint density at radius 1 is 1.32 bits per heavy atom. The van der Waals surface area contributed by atoms with Crippen LogP contribution in [0.15, 0.2) is 24.3 Å². The van der Waals surface area contributed by atoms with Crippen molar-refractivity contribution >= 4 is 22.8 Å². The van der Waals surface area contributed by atoms with E-state index < -0.39 is 11.5 Å². The molecule has 1 heterocycles. The molecule has 2 aromatic rings. The molecule has 0 radical (unpaired) electrons. The summed E-state index contributed by atoms with van der Waals surface area (Å²) in [5.41, 5.74) is 0.511. The lowest BCUT2D eigenvalue weighted by Gasteiger charge is -2.23. The molecule has 0 aliphatic rings. The number of methoxy groups -OCH3 is 1. The van der Waals surface area contributed by atoms with Crippen molar-refractivity contribution in [1.82, 2.24) is 15.0 Å². The molecule has 0 saturated carbocycles. The standard InChI is InChI=1S/C13H15N3O3/c1-13(2,11(17)8-12(18)19-3)16-10-7-5-4-6-9(10)14-15-16/h4-7H,8H2,1-3H3. The first kappa shape index (κ1) is 13.2. The monoisotopic (exact) mass is 261 g/mol. The third-order valence-electron chi connectivity index (χ3n) is 3.10. The largest absolute Gasteiger partial charge is 0.469 e. The molecule has 6 heteroatoms. The molecule has 0 bridgehead atoms. The van der Waals surface area contributed by atoms with E-state index >= 15 is 0 Å². The second kappa shape index (κ2) is 4.79. The number of aromatic nitrogens is 3. The number of hydrogen-bond donors (Lipinski definition) is 0. The van der Waals surface area contributed by atoms with Gasteiger partial charge in [-0.15, -0.1) is 5.10 Å². The molecule has 0 amide bonds. The fourth-order valence-corrected chi connectivity index (χ4v) is 1.82. The first-order valence-electron chi connectivity index (χ1n) is 5.88. The van der Waals surface area contributed by atoms with Gasteiger partial charge in [0.2, 0.25) is 0 Å². The molecule has 0 saturated heterocycles. The summed E-state index contributed by atoms with van der Waals surface area (Å²) in [7, 11) is 1.26. The minimum Gasteiger partial charge on any atom is -0.469 e. The Morgan fingerprint density at radius 3 is 2.68 bits per heavy atom. The summed E-state index contributed by atoms with van der Waals surface area (Å²) in [4.78, 5) is 23.4. The van der Waals surface area contributed by atoms with Gasteiger partial charge in [-0.2, -0.15) is 0 Å². The molecule has 0 atom stereocenters. The van der Waals surface area contributed by atoms with Crippen LogP contribution >= 0.6 is 0 Å². The van der Waals surface area contributed by atoms with Gasteiger partial charge in [-0.25, -0.2) is 4.68 Å². The van der Waals surface area contributed by atoms with Crippen LogP contribution in [0.25, 0.3) is 11.0 Å². The van der Waals surface area contributed by atoms with Crippen molar-refractivity contribution in [2.24, 2.45) is 0 Å². The lowest BCUT2D eigenvalue weighted by Crippen LogP contribution is -2.38. The Labute approximate surface area is 110 Å². The van der Waals surface area contributed by atoms with Gasteiger partial charge >= 0.3 is 5.97 Å². The van der Waals surface area contributed by atoms with E-state index in [1.165, 1.54) is 11.8 Å². The fourth-order valence-electron chi connectivity index (χ4n) is 1.82. The third-order valence-corrected chi connectivity index (χ3v) is 3.10. The summed E-state index contributed by atoms with van der Waals surface area (Å²) in [5.74, 6) is -0.822. The minimum absolute atomic E-state index is 0.269. The van der Waals surface area contributed by atoms with Crippen LogP contribution in [0.3, 0.4) is 0 Å². The number of nitrogens with zero attached hydrogens (tertiary/aromatic N) is 3. The molecule has 1 aromatic carbocycles. The molecule has 1 aromatic heterocycles. The van der Waals surface area contributed by atoms with Gasteiger partial charge in [0.05, 0.1) is 12.6 Å². The van der Waals surface area contributed by atoms with Crippen LogP contribution < -0.4 is 0 Å². The van der Waals surface area contributed by atoms with Crippen molar-refractivity contribution in [3.63, 3.8) is 0 Å². The van der Waals surface area contributed by atoms with Crippen LogP contribution in [-0.2, 0) is 19.9 Å². The maximum Gasteiger partial charge on any atom is 0.313 e. The number of carbonyl (C=O) groups excluding carboxylic acids is 2. The zero-order valence-corrected chi connectivity index (χ0v) is 11.1. The van der Waals surface area contributed by atoms with E-state index in [9.17, 15) is 9.59 Å². The molecule has 0 spiro atoms. The minimum atomic E-state index is -0.954. The van der Waals surface area contributed by atoms with Gasteiger partial charge < -0.3 is 4.74 Å². The van der Waals surface area contributed by atoms with E-state index in [1.54, 1.807) is 13.8 Å². The smallest absolute Gasteiger partial charge is 0.313 e. The molecule has 0 unspecified atom stereocenters. The third kappa shape index (κ3) is 2.33. The predicted octanol–water partition coefficient (Wildman–Crippen LogP) is 1.30. The lowest BCUT2D eigenvalue weighted by atomic mass is 9.96. The molecule has 6 nitrogen and oxygen atoms in total. The van der Waals surface area contributed by atoms with Gasteiger partial charge in [0, 0.05) is 0 Å². The second-order valence-corrected chi connectivity index (χ2v) is 4.73. The first-order valence-corrected chi connectivity index (χ1v) is 5.88. The summed E-state index contributed by atoms with van der Waals surface area (Å²) >= 11 is 0. The number of benzene rings is 1. The Hall–Kier alpha value is -2.24. The van der Waals surface area contributed by atoms with E-state index in [0.29, 0.717) is 5.52 Å². The van der Waals surface area contributed by atoms with Crippen molar-refractivity contribution in [3.05, 3.63) is 24.3 Å². The van der Waals surface area contributed by atoms with E-state index in [-0.39, 0.29) is 12.2 Å². The van der Waals surface area contributed by atoms with Crippen LogP contribution in [0, 0.1) is 0 Å². The number of fused-ring (bicyclic) bond motifs is 1. The Morgan fingerprint density at radius 2 is 2.00 bits per heavy atom. The summed E-state index contributed by atoms with van der Waals surface area (Å²) in [5, 5.41) is 8.03. The number of rotatable bonds is 4. The van der Waals surface area contributed by atoms with Crippen LogP contribution in [0.4, 0.5) is 0 Å². The van der Waals surface area contributed by atoms with Crippen molar-refractivity contribution in [1.29, 1.82) is 0 Å². The van der Waals surface area contributed by atoms with Crippen LogP contribution in [-0.4, -0.2) is 33.9 Å². The zero-order valence-electron chi connectivity index (χ0n) is 11.1. The number of ketones is 1. The van der Waals surface area contributed by atoms with Gasteiger partial charge in [-0.3, -0.25) is 9.59 Å². The van der Waals surface area contributed by atoms with E-state index in [1.807, 2.05) is 24.3 Å². The van der Waals surface area contributed by atoms with Crippen LogP contribution in [0.1, 0.15) is 20.3 Å². The zero-order chi connectivity index (χ0) is 14.0. The van der Waals surface area contributed by atoms with Crippen molar-refractivity contribution < 1.29 is 14.3 Å². The Balaban J connectivity index is 2.38. The topological polar surface area (TPSA) is 74.1 Å². The average Bonchev–Trinajstić information content (AvgIpc) is 2.82. The van der Waals surface area contributed by atoms with Gasteiger partial charge in [-0.05, 0) is 26.0 Å². The number of esters is 1. The maximum absolute atomic E-state index is 12.2. The highest BCUT2D eigenvalue weighted by atomic mass is 16.5. The Kier molecular flexibility index (Phi) is 3.33. The molecular weight excluding hydrogens is 246 g/mol. The highest BCUT2D eigenvalue weighted by Crippen LogP contribution is 2.22. The lowest BCUT2D eigenvalue weighted by molar-refractivity contribution is -0.145. The predicted molar refractivity (Wildman–Crippen MR) is 68.5 cm³/mol. The van der Waals surface area contributed by atoms with Crippen molar-refractivity contribution in [2.75, 3.05) is 7.11 Å². The van der Waals surface area contributed by atoms with Crippen molar-refractivity contribution in [2.45, 2.75) is 25.8 Å². The quantitative estimate of drug-likeness (QED) is 0.612. The van der Waals surface area contributed by atoms with E-state index in [4.69, 9.17) is 0 Å². The number of carbonyl (C=O) groups is 2.